The van der Waals surface area contributed by atoms with E-state index >= 15 is 0 Å². The van der Waals surface area contributed by atoms with E-state index in [4.69, 9.17) is 33.7 Å². The first-order valence-corrected chi connectivity index (χ1v) is 5.94. The first-order valence-electron chi connectivity index (χ1n) is 5.18. The Morgan fingerprint density at radius 3 is 2.63 bits per heavy atom. The van der Waals surface area contributed by atoms with Crippen molar-refractivity contribution in [1.29, 1.82) is 0 Å². The second-order valence-electron chi connectivity index (χ2n) is 3.55. The van der Waals surface area contributed by atoms with Crippen LogP contribution >= 0.6 is 23.2 Å². The molecule has 1 heterocycles. The number of hydrogen-bond donors (Lipinski definition) is 1. The van der Waals surface area contributed by atoms with E-state index < -0.39 is 12.2 Å². The van der Waals surface area contributed by atoms with Crippen LogP contribution < -0.4 is 5.73 Å². The third-order valence-electron chi connectivity index (χ3n) is 2.30. The second kappa shape index (κ2) is 5.85. The predicted octanol–water partition coefficient (Wildman–Crippen LogP) is 1.82. The van der Waals surface area contributed by atoms with Gasteiger partial charge in [-0.25, -0.2) is 4.79 Å². The van der Waals surface area contributed by atoms with Gasteiger partial charge in [0.2, 0.25) is 0 Å². The highest BCUT2D eigenvalue weighted by atomic mass is 35.5. The standard InChI is InChI=1S/C10H9Cl2N5O2/c11-6-2-1-3-7(12)9(6)8(19-10(13)18)4-17-15-5-14-16-17/h1-3,5,8H,4H2,(H2,13,18)/t8-/m1/s1. The predicted molar refractivity (Wildman–Crippen MR) is 67.7 cm³/mol. The van der Waals surface area contributed by atoms with Crippen molar-refractivity contribution < 1.29 is 9.53 Å². The molecule has 0 bridgehead atoms. The molecular formula is C10H9Cl2N5O2. The van der Waals surface area contributed by atoms with Crippen LogP contribution in [-0.4, -0.2) is 26.3 Å². The number of carbonyl (C=O) groups is 1. The molecule has 0 aliphatic carbocycles. The zero-order valence-electron chi connectivity index (χ0n) is 9.53. The van der Waals surface area contributed by atoms with Gasteiger partial charge in [-0.05, 0) is 17.3 Å². The minimum atomic E-state index is -0.943. The molecule has 0 saturated carbocycles. The Balaban J connectivity index is 2.34. The molecule has 7 nitrogen and oxygen atoms in total. The summed E-state index contributed by atoms with van der Waals surface area (Å²) in [4.78, 5) is 12.2. The van der Waals surface area contributed by atoms with Crippen molar-refractivity contribution in [3.05, 3.63) is 40.1 Å². The molecule has 0 aliphatic rings. The van der Waals surface area contributed by atoms with Crippen molar-refractivity contribution in [2.45, 2.75) is 12.6 Å². The molecule has 9 heteroatoms. The molecule has 1 atom stereocenters. The van der Waals surface area contributed by atoms with Gasteiger partial charge in [-0.15, -0.1) is 10.2 Å². The molecular weight excluding hydrogens is 293 g/mol. The summed E-state index contributed by atoms with van der Waals surface area (Å²) in [5, 5.41) is 11.8. The van der Waals surface area contributed by atoms with E-state index in [9.17, 15) is 4.79 Å². The number of aromatic nitrogens is 4. The van der Waals surface area contributed by atoms with Crippen LogP contribution in [0.25, 0.3) is 0 Å². The largest absolute Gasteiger partial charge is 0.439 e. The molecule has 100 valence electrons. The van der Waals surface area contributed by atoms with Crippen LogP contribution in [0.15, 0.2) is 24.5 Å². The summed E-state index contributed by atoms with van der Waals surface area (Å²) in [5.74, 6) is 0. The molecule has 19 heavy (non-hydrogen) atoms. The average Bonchev–Trinajstić information content (AvgIpc) is 2.80. The Morgan fingerprint density at radius 1 is 1.42 bits per heavy atom. The monoisotopic (exact) mass is 301 g/mol. The van der Waals surface area contributed by atoms with Gasteiger partial charge in [0.25, 0.3) is 0 Å². The van der Waals surface area contributed by atoms with E-state index in [1.165, 1.54) is 11.1 Å². The number of hydrogen-bond acceptors (Lipinski definition) is 5. The van der Waals surface area contributed by atoms with E-state index in [0.717, 1.165) is 0 Å². The Morgan fingerprint density at radius 2 is 2.11 bits per heavy atom. The molecule has 1 aromatic heterocycles. The average molecular weight is 302 g/mol. The summed E-state index contributed by atoms with van der Waals surface area (Å²) >= 11 is 12.1. The molecule has 2 aromatic rings. The zero-order valence-corrected chi connectivity index (χ0v) is 11.0. The minimum absolute atomic E-state index is 0.104. The van der Waals surface area contributed by atoms with Crippen LogP contribution in [0.3, 0.4) is 0 Å². The fraction of sp³-hybridized carbons (Fsp3) is 0.200. The van der Waals surface area contributed by atoms with Crippen LogP contribution in [-0.2, 0) is 11.3 Å². The van der Waals surface area contributed by atoms with Crippen molar-refractivity contribution in [2.24, 2.45) is 5.73 Å². The number of rotatable bonds is 4. The van der Waals surface area contributed by atoms with E-state index in [1.807, 2.05) is 0 Å². The Labute approximate surface area is 118 Å². The van der Waals surface area contributed by atoms with Crippen LogP contribution in [0, 0.1) is 0 Å². The van der Waals surface area contributed by atoms with Crippen molar-refractivity contribution in [3.63, 3.8) is 0 Å². The molecule has 0 radical (unpaired) electrons. The lowest BCUT2D eigenvalue weighted by molar-refractivity contribution is 0.0902. The molecule has 1 amide bonds. The third-order valence-corrected chi connectivity index (χ3v) is 2.96. The highest BCUT2D eigenvalue weighted by Crippen LogP contribution is 2.33. The van der Waals surface area contributed by atoms with Gasteiger partial charge in [-0.3, -0.25) is 0 Å². The fourth-order valence-electron chi connectivity index (χ4n) is 1.57. The van der Waals surface area contributed by atoms with Crippen LogP contribution in [0.4, 0.5) is 4.79 Å². The molecule has 2 rings (SSSR count). The number of tetrazole rings is 1. The number of carbonyl (C=O) groups excluding carboxylic acids is 1. The number of nitrogens with zero attached hydrogens (tertiary/aromatic N) is 4. The van der Waals surface area contributed by atoms with Crippen molar-refractivity contribution >= 4 is 29.3 Å². The van der Waals surface area contributed by atoms with E-state index in [-0.39, 0.29) is 6.54 Å². The Kier molecular flexibility index (Phi) is 4.18. The van der Waals surface area contributed by atoms with Crippen LogP contribution in [0.2, 0.25) is 10.0 Å². The number of primary amides is 1. The normalized spacial score (nSPS) is 12.1. The number of amides is 1. The van der Waals surface area contributed by atoms with Gasteiger partial charge in [0.05, 0.1) is 0 Å². The lowest BCUT2D eigenvalue weighted by Gasteiger charge is -2.18. The lowest BCUT2D eigenvalue weighted by atomic mass is 10.1. The fourth-order valence-corrected chi connectivity index (χ4v) is 2.21. The second-order valence-corrected chi connectivity index (χ2v) is 4.37. The van der Waals surface area contributed by atoms with Gasteiger partial charge in [0, 0.05) is 15.6 Å². The summed E-state index contributed by atoms with van der Waals surface area (Å²) in [6.07, 6.45) is -0.482. The quantitative estimate of drug-likeness (QED) is 0.929. The van der Waals surface area contributed by atoms with Crippen molar-refractivity contribution in [2.75, 3.05) is 0 Å². The molecule has 0 aliphatic heterocycles. The maximum absolute atomic E-state index is 11.0. The first-order chi connectivity index (χ1) is 9.08. The number of halogens is 2. The topological polar surface area (TPSA) is 95.9 Å². The van der Waals surface area contributed by atoms with Gasteiger partial charge in [0.15, 0.2) is 12.4 Å². The van der Waals surface area contributed by atoms with Gasteiger partial charge in [0.1, 0.15) is 6.54 Å². The van der Waals surface area contributed by atoms with Gasteiger partial charge in [-0.1, -0.05) is 29.3 Å². The zero-order chi connectivity index (χ0) is 13.8. The van der Waals surface area contributed by atoms with Crippen LogP contribution in [0.5, 0.6) is 0 Å². The molecule has 0 saturated heterocycles. The Bertz CT molecular complexity index is 555. The SMILES string of the molecule is NC(=O)O[C@H](Cn1ncnn1)c1c(Cl)cccc1Cl. The van der Waals surface area contributed by atoms with Crippen LogP contribution in [0.1, 0.15) is 11.7 Å². The Hall–Kier alpha value is -1.86. The van der Waals surface area contributed by atoms with Crippen molar-refractivity contribution in [1.82, 2.24) is 20.2 Å². The third kappa shape index (κ3) is 3.33. The molecule has 1 aromatic carbocycles. The maximum atomic E-state index is 11.0. The number of nitrogens with two attached hydrogens (primary N) is 1. The highest BCUT2D eigenvalue weighted by molar-refractivity contribution is 6.36. The smallest absolute Gasteiger partial charge is 0.405 e. The first kappa shape index (κ1) is 13.6. The van der Waals surface area contributed by atoms with E-state index in [0.29, 0.717) is 15.6 Å². The number of benzene rings is 1. The van der Waals surface area contributed by atoms with Gasteiger partial charge >= 0.3 is 6.09 Å². The lowest BCUT2D eigenvalue weighted by Crippen LogP contribution is -2.22. The molecule has 2 N–H and O–H groups in total. The highest BCUT2D eigenvalue weighted by Gasteiger charge is 2.22. The van der Waals surface area contributed by atoms with Gasteiger partial charge < -0.3 is 10.5 Å². The maximum Gasteiger partial charge on any atom is 0.405 e. The summed E-state index contributed by atoms with van der Waals surface area (Å²) in [5.41, 5.74) is 5.49. The summed E-state index contributed by atoms with van der Waals surface area (Å²) in [6.45, 7) is 0.104. The van der Waals surface area contributed by atoms with Gasteiger partial charge in [-0.2, -0.15) is 4.80 Å². The molecule has 0 unspecified atom stereocenters. The number of ether oxygens (including phenoxy) is 1. The van der Waals surface area contributed by atoms with Crippen molar-refractivity contribution in [3.8, 4) is 0 Å². The molecule has 0 fully saturated rings. The minimum Gasteiger partial charge on any atom is -0.439 e. The van der Waals surface area contributed by atoms with E-state index in [1.54, 1.807) is 18.2 Å². The summed E-state index contributed by atoms with van der Waals surface area (Å²) in [6, 6.07) is 4.95. The van der Waals surface area contributed by atoms with E-state index in [2.05, 4.69) is 15.4 Å². The molecule has 0 spiro atoms. The summed E-state index contributed by atoms with van der Waals surface area (Å²) < 4.78 is 5.01. The summed E-state index contributed by atoms with van der Waals surface area (Å²) in [7, 11) is 0.